The van der Waals surface area contributed by atoms with Crippen molar-refractivity contribution in [2.45, 2.75) is 12.8 Å². The van der Waals surface area contributed by atoms with E-state index in [9.17, 15) is 9.59 Å². The molecule has 6 nitrogen and oxygen atoms in total. The molecule has 0 aliphatic heterocycles. The second kappa shape index (κ2) is 8.94. The Labute approximate surface area is 151 Å². The molecule has 0 aromatic heterocycles. The number of nitrogens with one attached hydrogen (secondary N) is 2. The molecule has 0 saturated carbocycles. The molecular weight excluding hydrogens is 344 g/mol. The zero-order valence-electron chi connectivity index (χ0n) is 14.0. The maximum absolute atomic E-state index is 12.1. The van der Waals surface area contributed by atoms with E-state index in [4.69, 9.17) is 21.1 Å². The van der Waals surface area contributed by atoms with Crippen LogP contribution in [0.5, 0.6) is 11.5 Å². The van der Waals surface area contributed by atoms with Crippen LogP contribution in [0.4, 0.5) is 0 Å². The molecule has 25 heavy (non-hydrogen) atoms. The molecule has 0 heterocycles. The Bertz CT molecular complexity index is 747. The maximum Gasteiger partial charge on any atom is 0.273 e. The molecule has 0 bridgehead atoms. The summed E-state index contributed by atoms with van der Waals surface area (Å²) in [7, 11) is 3.04. The van der Waals surface area contributed by atoms with Crippen LogP contribution in [0.2, 0.25) is 5.02 Å². The molecule has 0 spiro atoms. The normalized spacial score (nSPS) is 10.0. The number of rotatable bonds is 6. The first kappa shape index (κ1) is 18.6. The third kappa shape index (κ3) is 5.39. The van der Waals surface area contributed by atoms with E-state index in [1.165, 1.54) is 19.2 Å². The summed E-state index contributed by atoms with van der Waals surface area (Å²) in [5.74, 6) is 0.318. The van der Waals surface area contributed by atoms with Gasteiger partial charge in [0.2, 0.25) is 5.91 Å². The van der Waals surface area contributed by atoms with E-state index >= 15 is 0 Å². The number of hydrazine groups is 1. The first-order valence-electron chi connectivity index (χ1n) is 7.59. The number of ether oxygens (including phenoxy) is 2. The minimum absolute atomic E-state index is 0.240. The Morgan fingerprint density at radius 3 is 2.36 bits per heavy atom. The Balaban J connectivity index is 1.83. The molecule has 132 valence electrons. The molecule has 2 N–H and O–H groups in total. The van der Waals surface area contributed by atoms with Crippen molar-refractivity contribution < 1.29 is 19.1 Å². The average Bonchev–Trinajstić information content (AvgIpc) is 2.64. The summed E-state index contributed by atoms with van der Waals surface area (Å²) in [6, 6.07) is 12.1. The highest BCUT2D eigenvalue weighted by Crippen LogP contribution is 2.22. The Kier molecular flexibility index (Phi) is 6.65. The van der Waals surface area contributed by atoms with Gasteiger partial charge in [-0.2, -0.15) is 0 Å². The van der Waals surface area contributed by atoms with Gasteiger partial charge in [-0.05, 0) is 42.3 Å². The van der Waals surface area contributed by atoms with Crippen LogP contribution in [0.1, 0.15) is 22.3 Å². The van der Waals surface area contributed by atoms with Crippen LogP contribution in [0.3, 0.4) is 0 Å². The first-order valence-corrected chi connectivity index (χ1v) is 7.97. The number of carbonyl (C=O) groups excluding carboxylic acids is 2. The van der Waals surface area contributed by atoms with Crippen molar-refractivity contribution in [1.29, 1.82) is 0 Å². The van der Waals surface area contributed by atoms with Crippen LogP contribution < -0.4 is 20.3 Å². The number of hydrogen-bond acceptors (Lipinski definition) is 4. The van der Waals surface area contributed by atoms with Gasteiger partial charge in [-0.3, -0.25) is 20.4 Å². The first-order chi connectivity index (χ1) is 12.0. The fourth-order valence-electron chi connectivity index (χ4n) is 2.16. The van der Waals surface area contributed by atoms with Gasteiger partial charge in [0.15, 0.2) is 0 Å². The van der Waals surface area contributed by atoms with Crippen molar-refractivity contribution >= 4 is 23.4 Å². The summed E-state index contributed by atoms with van der Waals surface area (Å²) < 4.78 is 10.2. The van der Waals surface area contributed by atoms with Gasteiger partial charge in [0.1, 0.15) is 11.5 Å². The van der Waals surface area contributed by atoms with E-state index in [0.717, 1.165) is 11.3 Å². The minimum Gasteiger partial charge on any atom is -0.497 e. The molecule has 0 saturated heterocycles. The van der Waals surface area contributed by atoms with Gasteiger partial charge in [0.05, 0.1) is 19.8 Å². The van der Waals surface area contributed by atoms with Gasteiger partial charge in [-0.25, -0.2) is 0 Å². The van der Waals surface area contributed by atoms with E-state index in [1.807, 2.05) is 24.3 Å². The molecule has 0 radical (unpaired) electrons. The second-order valence-corrected chi connectivity index (χ2v) is 5.63. The number of carbonyl (C=O) groups is 2. The van der Waals surface area contributed by atoms with Crippen molar-refractivity contribution in [2.24, 2.45) is 0 Å². The molecule has 0 aliphatic carbocycles. The van der Waals surface area contributed by atoms with E-state index < -0.39 is 5.91 Å². The van der Waals surface area contributed by atoms with Gasteiger partial charge in [-0.1, -0.05) is 23.7 Å². The summed E-state index contributed by atoms with van der Waals surface area (Å²) in [4.78, 5) is 24.0. The molecule has 2 aromatic rings. The molecule has 0 atom stereocenters. The number of benzene rings is 2. The third-order valence-electron chi connectivity index (χ3n) is 3.52. The van der Waals surface area contributed by atoms with Crippen molar-refractivity contribution in [3.05, 3.63) is 58.6 Å². The SMILES string of the molecule is COc1ccc(CCC(=O)NNC(=O)c2ccc(Cl)cc2OC)cc1. The molecule has 0 aliphatic rings. The van der Waals surface area contributed by atoms with Crippen LogP contribution in [0.25, 0.3) is 0 Å². The lowest BCUT2D eigenvalue weighted by Crippen LogP contribution is -2.41. The predicted octanol–water partition coefficient (Wildman–Crippen LogP) is 2.75. The van der Waals surface area contributed by atoms with Crippen molar-refractivity contribution in [2.75, 3.05) is 14.2 Å². The summed E-state index contributed by atoms with van der Waals surface area (Å²) in [5.41, 5.74) is 6.04. The number of amides is 2. The largest absolute Gasteiger partial charge is 0.497 e. The van der Waals surface area contributed by atoms with Crippen LogP contribution in [-0.4, -0.2) is 26.0 Å². The molecule has 0 fully saturated rings. The van der Waals surface area contributed by atoms with Crippen LogP contribution in [0.15, 0.2) is 42.5 Å². The summed E-state index contributed by atoms with van der Waals surface area (Å²) in [6.07, 6.45) is 0.792. The zero-order chi connectivity index (χ0) is 18.2. The number of hydrogen-bond donors (Lipinski definition) is 2. The van der Waals surface area contributed by atoms with Gasteiger partial charge < -0.3 is 9.47 Å². The zero-order valence-corrected chi connectivity index (χ0v) is 14.7. The van der Waals surface area contributed by atoms with Gasteiger partial charge in [-0.15, -0.1) is 0 Å². The Morgan fingerprint density at radius 1 is 1.00 bits per heavy atom. The summed E-state index contributed by atoms with van der Waals surface area (Å²) in [6.45, 7) is 0. The van der Waals surface area contributed by atoms with E-state index in [1.54, 1.807) is 13.2 Å². The lowest BCUT2D eigenvalue weighted by Gasteiger charge is -2.10. The van der Waals surface area contributed by atoms with E-state index in [2.05, 4.69) is 10.9 Å². The third-order valence-corrected chi connectivity index (χ3v) is 3.76. The molecule has 0 unspecified atom stereocenters. The number of methoxy groups -OCH3 is 2. The van der Waals surface area contributed by atoms with Crippen LogP contribution in [0, 0.1) is 0 Å². The fraction of sp³-hybridized carbons (Fsp3) is 0.222. The Morgan fingerprint density at radius 2 is 1.72 bits per heavy atom. The summed E-state index contributed by atoms with van der Waals surface area (Å²) in [5, 5.41) is 0.455. The Hall–Kier alpha value is -2.73. The summed E-state index contributed by atoms with van der Waals surface area (Å²) >= 11 is 5.86. The number of aryl methyl sites for hydroxylation is 1. The lowest BCUT2D eigenvalue weighted by molar-refractivity contribution is -0.121. The van der Waals surface area contributed by atoms with Crippen molar-refractivity contribution in [3.8, 4) is 11.5 Å². The minimum atomic E-state index is -0.480. The van der Waals surface area contributed by atoms with Crippen molar-refractivity contribution in [1.82, 2.24) is 10.9 Å². The van der Waals surface area contributed by atoms with Crippen LogP contribution >= 0.6 is 11.6 Å². The fourth-order valence-corrected chi connectivity index (χ4v) is 2.32. The highest BCUT2D eigenvalue weighted by Gasteiger charge is 2.13. The molecular formula is C18H19ClN2O4. The van der Waals surface area contributed by atoms with Crippen LogP contribution in [-0.2, 0) is 11.2 Å². The van der Waals surface area contributed by atoms with Gasteiger partial charge in [0.25, 0.3) is 5.91 Å². The monoisotopic (exact) mass is 362 g/mol. The highest BCUT2D eigenvalue weighted by molar-refractivity contribution is 6.30. The van der Waals surface area contributed by atoms with Gasteiger partial charge in [0, 0.05) is 11.4 Å². The van der Waals surface area contributed by atoms with Crippen molar-refractivity contribution in [3.63, 3.8) is 0 Å². The topological polar surface area (TPSA) is 76.7 Å². The molecule has 2 aromatic carbocycles. The standard InChI is InChI=1S/C18H19ClN2O4/c1-24-14-7-3-12(4-8-14)5-10-17(22)20-21-18(23)15-9-6-13(19)11-16(15)25-2/h3-4,6-9,11H,5,10H2,1-2H3,(H,20,22)(H,21,23). The lowest BCUT2D eigenvalue weighted by atomic mass is 10.1. The molecule has 2 rings (SSSR count). The quantitative estimate of drug-likeness (QED) is 0.775. The maximum atomic E-state index is 12.1. The molecule has 7 heteroatoms. The molecule has 2 amide bonds. The van der Waals surface area contributed by atoms with E-state index in [0.29, 0.717) is 17.2 Å². The van der Waals surface area contributed by atoms with E-state index in [-0.39, 0.29) is 17.9 Å². The number of halogens is 1. The second-order valence-electron chi connectivity index (χ2n) is 5.19. The predicted molar refractivity (Wildman–Crippen MR) is 94.9 cm³/mol. The highest BCUT2D eigenvalue weighted by atomic mass is 35.5. The smallest absolute Gasteiger partial charge is 0.273 e. The van der Waals surface area contributed by atoms with Gasteiger partial charge >= 0.3 is 0 Å². The average molecular weight is 363 g/mol.